The van der Waals surface area contributed by atoms with Crippen molar-refractivity contribution in [2.75, 3.05) is 6.61 Å². The van der Waals surface area contributed by atoms with Crippen molar-refractivity contribution in [2.45, 2.75) is 6.92 Å². The topological polar surface area (TPSA) is 69.4 Å². The predicted octanol–water partition coefficient (Wildman–Crippen LogP) is 3.30. The summed E-state index contributed by atoms with van der Waals surface area (Å²) in [5, 5.41) is 10.6. The molecule has 0 spiro atoms. The molecule has 0 aromatic heterocycles. The average molecular weight is 289 g/mol. The number of non-ortho nitro benzene ring substituents is 1. The largest absolute Gasteiger partial charge is 0.485 e. The van der Waals surface area contributed by atoms with Gasteiger partial charge in [-0.05, 0) is 42.8 Å². The number of nitro groups is 1. The van der Waals surface area contributed by atoms with Crippen molar-refractivity contribution >= 4 is 11.5 Å². The number of hydrogen-bond acceptors (Lipinski definition) is 4. The monoisotopic (exact) mass is 289 g/mol. The van der Waals surface area contributed by atoms with Gasteiger partial charge < -0.3 is 4.74 Å². The first kappa shape index (κ1) is 14.6. The van der Waals surface area contributed by atoms with Gasteiger partial charge in [0.2, 0.25) is 0 Å². The van der Waals surface area contributed by atoms with Crippen LogP contribution in [-0.2, 0) is 0 Å². The van der Waals surface area contributed by atoms with Gasteiger partial charge >= 0.3 is 0 Å². The van der Waals surface area contributed by atoms with E-state index in [0.29, 0.717) is 16.9 Å². The van der Waals surface area contributed by atoms with Crippen molar-refractivity contribution in [1.82, 2.24) is 0 Å². The van der Waals surface area contributed by atoms with Gasteiger partial charge in [-0.3, -0.25) is 14.9 Å². The zero-order valence-corrected chi connectivity index (χ0v) is 11.2. The Morgan fingerprint density at radius 1 is 1.24 bits per heavy atom. The maximum Gasteiger partial charge on any atom is 0.269 e. The summed E-state index contributed by atoms with van der Waals surface area (Å²) in [4.78, 5) is 22.0. The minimum absolute atomic E-state index is 0.0373. The van der Waals surface area contributed by atoms with E-state index in [0.717, 1.165) is 0 Å². The van der Waals surface area contributed by atoms with Gasteiger partial charge in [0.25, 0.3) is 5.69 Å². The number of rotatable bonds is 5. The first-order chi connectivity index (χ1) is 9.97. The number of ketones is 1. The highest BCUT2D eigenvalue weighted by Gasteiger charge is 2.11. The molecule has 0 unspecified atom stereocenters. The number of carbonyl (C=O) groups excluding carboxylic acids is 1. The van der Waals surface area contributed by atoms with Gasteiger partial charge in [0, 0.05) is 17.7 Å². The molecule has 0 fully saturated rings. The van der Waals surface area contributed by atoms with Crippen molar-refractivity contribution in [1.29, 1.82) is 0 Å². The van der Waals surface area contributed by atoms with Gasteiger partial charge in [-0.25, -0.2) is 4.39 Å². The Labute approximate surface area is 120 Å². The summed E-state index contributed by atoms with van der Waals surface area (Å²) in [5.41, 5.74) is 0.872. The normalized spacial score (nSPS) is 10.2. The molecular formula is C15H12FNO4. The molecule has 108 valence electrons. The van der Waals surface area contributed by atoms with Crippen LogP contribution in [0.1, 0.15) is 15.9 Å². The molecule has 2 rings (SSSR count). The molecule has 0 N–H and O–H groups in total. The first-order valence-electron chi connectivity index (χ1n) is 6.14. The summed E-state index contributed by atoms with van der Waals surface area (Å²) in [6.45, 7) is 1.44. The van der Waals surface area contributed by atoms with Gasteiger partial charge in [-0.2, -0.15) is 0 Å². The summed E-state index contributed by atoms with van der Waals surface area (Å²) in [5.74, 6) is -0.317. The standard InChI is InChI=1S/C15H12FNO4/c1-10-8-13(17(19)20)6-7-15(10)21-9-14(18)11-2-4-12(16)5-3-11/h2-8H,9H2,1H3. The molecule has 5 nitrogen and oxygen atoms in total. The Balaban J connectivity index is 2.04. The molecule has 2 aromatic carbocycles. The summed E-state index contributed by atoms with van der Waals surface area (Å²) in [6, 6.07) is 9.29. The minimum atomic E-state index is -0.500. The van der Waals surface area contributed by atoms with Crippen LogP contribution in [0.15, 0.2) is 42.5 Å². The molecule has 0 saturated carbocycles. The third-order valence-electron chi connectivity index (χ3n) is 2.89. The number of ether oxygens (including phenoxy) is 1. The first-order valence-corrected chi connectivity index (χ1v) is 6.14. The fourth-order valence-corrected chi connectivity index (χ4v) is 1.77. The zero-order valence-electron chi connectivity index (χ0n) is 11.2. The van der Waals surface area contributed by atoms with Gasteiger partial charge in [-0.15, -0.1) is 0 Å². The lowest BCUT2D eigenvalue weighted by Crippen LogP contribution is -2.12. The van der Waals surface area contributed by atoms with Crippen LogP contribution in [0.2, 0.25) is 0 Å². The fourth-order valence-electron chi connectivity index (χ4n) is 1.77. The van der Waals surface area contributed by atoms with E-state index in [9.17, 15) is 19.3 Å². The maximum atomic E-state index is 12.8. The number of benzene rings is 2. The molecule has 6 heteroatoms. The predicted molar refractivity (Wildman–Crippen MR) is 74.1 cm³/mol. The molecule has 0 bridgehead atoms. The molecule has 0 radical (unpaired) electrons. The number of hydrogen-bond donors (Lipinski definition) is 0. The molecular weight excluding hydrogens is 277 g/mol. The molecule has 21 heavy (non-hydrogen) atoms. The van der Waals surface area contributed by atoms with E-state index in [2.05, 4.69) is 0 Å². The van der Waals surface area contributed by atoms with E-state index in [4.69, 9.17) is 4.74 Å². The Hall–Kier alpha value is -2.76. The van der Waals surface area contributed by atoms with Crippen molar-refractivity contribution in [2.24, 2.45) is 0 Å². The summed E-state index contributed by atoms with van der Waals surface area (Å²) in [6.07, 6.45) is 0. The second kappa shape index (κ2) is 6.13. The second-order valence-electron chi connectivity index (χ2n) is 4.43. The van der Waals surface area contributed by atoms with E-state index in [1.165, 1.54) is 42.5 Å². The third kappa shape index (κ3) is 3.62. The molecule has 0 amide bonds. The highest BCUT2D eigenvalue weighted by Crippen LogP contribution is 2.23. The van der Waals surface area contributed by atoms with Crippen LogP contribution in [-0.4, -0.2) is 17.3 Å². The molecule has 0 atom stereocenters. The Bertz CT molecular complexity index is 683. The minimum Gasteiger partial charge on any atom is -0.485 e. The van der Waals surface area contributed by atoms with E-state index >= 15 is 0 Å². The molecule has 0 heterocycles. The molecule has 0 saturated heterocycles. The lowest BCUT2D eigenvalue weighted by Gasteiger charge is -2.08. The maximum absolute atomic E-state index is 12.8. The Morgan fingerprint density at radius 3 is 2.48 bits per heavy atom. The van der Waals surface area contributed by atoms with Gasteiger partial charge in [0.05, 0.1) is 4.92 Å². The highest BCUT2D eigenvalue weighted by atomic mass is 19.1. The van der Waals surface area contributed by atoms with Gasteiger partial charge in [0.1, 0.15) is 11.6 Å². The van der Waals surface area contributed by atoms with Crippen molar-refractivity contribution in [3.63, 3.8) is 0 Å². The number of aryl methyl sites for hydroxylation is 1. The van der Waals surface area contributed by atoms with Crippen LogP contribution in [0.4, 0.5) is 10.1 Å². The summed E-state index contributed by atoms with van der Waals surface area (Å²) < 4.78 is 18.1. The average Bonchev–Trinajstić information content (AvgIpc) is 2.46. The fraction of sp³-hybridized carbons (Fsp3) is 0.133. The molecule has 2 aromatic rings. The Kier molecular flexibility index (Phi) is 4.27. The molecule has 0 aliphatic heterocycles. The van der Waals surface area contributed by atoms with E-state index in [1.54, 1.807) is 6.92 Å². The van der Waals surface area contributed by atoms with Crippen LogP contribution < -0.4 is 4.74 Å². The van der Waals surface area contributed by atoms with Crippen molar-refractivity contribution in [3.8, 4) is 5.75 Å². The van der Waals surface area contributed by atoms with Crippen LogP contribution in [0.5, 0.6) is 5.75 Å². The lowest BCUT2D eigenvalue weighted by atomic mass is 10.1. The SMILES string of the molecule is Cc1cc([N+](=O)[O-])ccc1OCC(=O)c1ccc(F)cc1. The van der Waals surface area contributed by atoms with E-state index < -0.39 is 10.7 Å². The Morgan fingerprint density at radius 2 is 1.90 bits per heavy atom. The summed E-state index contributed by atoms with van der Waals surface area (Å²) in [7, 11) is 0. The second-order valence-corrected chi connectivity index (χ2v) is 4.43. The van der Waals surface area contributed by atoms with Crippen LogP contribution in [0.3, 0.4) is 0 Å². The lowest BCUT2D eigenvalue weighted by molar-refractivity contribution is -0.384. The number of nitro benzene ring substituents is 1. The van der Waals surface area contributed by atoms with Gasteiger partial charge in [0.15, 0.2) is 12.4 Å². The quantitative estimate of drug-likeness (QED) is 0.481. The van der Waals surface area contributed by atoms with Crippen LogP contribution >= 0.6 is 0 Å². The van der Waals surface area contributed by atoms with Crippen molar-refractivity contribution in [3.05, 3.63) is 69.5 Å². The number of carbonyl (C=O) groups is 1. The number of halogens is 1. The van der Waals surface area contributed by atoms with Gasteiger partial charge in [-0.1, -0.05) is 0 Å². The van der Waals surface area contributed by atoms with Crippen LogP contribution in [0, 0.1) is 22.9 Å². The highest BCUT2D eigenvalue weighted by molar-refractivity contribution is 5.97. The zero-order chi connectivity index (χ0) is 15.4. The van der Waals surface area contributed by atoms with Crippen molar-refractivity contribution < 1.29 is 18.8 Å². The molecule has 0 aliphatic rings. The summed E-state index contributed by atoms with van der Waals surface area (Å²) >= 11 is 0. The third-order valence-corrected chi connectivity index (χ3v) is 2.89. The molecule has 0 aliphatic carbocycles. The van der Waals surface area contributed by atoms with Crippen LogP contribution in [0.25, 0.3) is 0 Å². The number of Topliss-reactive ketones (excluding diaryl/α,β-unsaturated/α-hetero) is 1. The van der Waals surface area contributed by atoms with E-state index in [1.807, 2.05) is 0 Å². The smallest absolute Gasteiger partial charge is 0.269 e. The number of nitrogens with zero attached hydrogens (tertiary/aromatic N) is 1. The van der Waals surface area contributed by atoms with E-state index in [-0.39, 0.29) is 18.1 Å².